The molecule has 0 radical (unpaired) electrons. The maximum Gasteiger partial charge on any atom is 0.315 e. The average Bonchev–Trinajstić information content (AvgIpc) is 2.57. The highest BCUT2D eigenvalue weighted by molar-refractivity contribution is 7.89. The van der Waals surface area contributed by atoms with Crippen molar-refractivity contribution in [2.24, 2.45) is 5.14 Å². The zero-order chi connectivity index (χ0) is 17.4. The molecule has 2 rings (SSSR count). The molecule has 0 aliphatic heterocycles. The maximum atomic E-state index is 11.7. The van der Waals surface area contributed by atoms with Crippen LogP contribution < -0.4 is 15.8 Å². The van der Waals surface area contributed by atoms with E-state index in [0.29, 0.717) is 13.1 Å². The molecule has 0 unspecified atom stereocenters. The van der Waals surface area contributed by atoms with Crippen LogP contribution in [0.2, 0.25) is 0 Å². The number of carbonyl (C=O) groups excluding carboxylic acids is 1. The fourth-order valence-electron chi connectivity index (χ4n) is 2.18. The minimum Gasteiger partial charge on any atom is -0.338 e. The number of sulfonamides is 1. The van der Waals surface area contributed by atoms with Gasteiger partial charge in [0, 0.05) is 13.1 Å². The van der Waals surface area contributed by atoms with Crippen LogP contribution in [0.5, 0.6) is 0 Å². The first-order valence-corrected chi connectivity index (χ1v) is 9.17. The van der Waals surface area contributed by atoms with Gasteiger partial charge in [-0.05, 0) is 36.1 Å². The van der Waals surface area contributed by atoms with Crippen molar-refractivity contribution < 1.29 is 13.2 Å². The van der Waals surface area contributed by atoms with Gasteiger partial charge in [-0.1, -0.05) is 42.5 Å². The van der Waals surface area contributed by atoms with Crippen molar-refractivity contribution in [1.82, 2.24) is 10.6 Å². The van der Waals surface area contributed by atoms with Gasteiger partial charge in [-0.25, -0.2) is 18.4 Å². The second-order valence-electron chi connectivity index (χ2n) is 5.39. The van der Waals surface area contributed by atoms with Gasteiger partial charge in [0.05, 0.1) is 4.90 Å². The topological polar surface area (TPSA) is 101 Å². The van der Waals surface area contributed by atoms with Crippen LogP contribution in [0.15, 0.2) is 59.5 Å². The van der Waals surface area contributed by atoms with Gasteiger partial charge in [-0.2, -0.15) is 0 Å². The van der Waals surface area contributed by atoms with Gasteiger partial charge < -0.3 is 10.6 Å². The Bertz CT molecular complexity index is 759. The number of carbonyl (C=O) groups is 1. The Kier molecular flexibility index (Phi) is 6.34. The quantitative estimate of drug-likeness (QED) is 0.665. The van der Waals surface area contributed by atoms with Gasteiger partial charge >= 0.3 is 6.03 Å². The molecule has 4 N–H and O–H groups in total. The molecule has 2 aromatic rings. The van der Waals surface area contributed by atoms with Crippen LogP contribution in [-0.4, -0.2) is 21.0 Å². The first-order valence-electron chi connectivity index (χ1n) is 7.62. The first kappa shape index (κ1) is 18.0. The molecule has 0 fully saturated rings. The van der Waals surface area contributed by atoms with Gasteiger partial charge in [0.25, 0.3) is 0 Å². The van der Waals surface area contributed by atoms with Gasteiger partial charge in [0.2, 0.25) is 10.0 Å². The number of primary sulfonamides is 1. The number of benzene rings is 2. The Hall–Kier alpha value is -2.38. The van der Waals surface area contributed by atoms with Crippen molar-refractivity contribution in [2.75, 3.05) is 6.54 Å². The molecule has 0 saturated heterocycles. The molecule has 0 aliphatic carbocycles. The van der Waals surface area contributed by atoms with Crippen molar-refractivity contribution in [1.29, 1.82) is 0 Å². The average molecular weight is 347 g/mol. The third-order valence-corrected chi connectivity index (χ3v) is 4.40. The number of nitrogens with one attached hydrogen (secondary N) is 2. The van der Waals surface area contributed by atoms with Gasteiger partial charge in [-0.3, -0.25) is 0 Å². The van der Waals surface area contributed by atoms with Crippen LogP contribution in [-0.2, 0) is 23.0 Å². The molecule has 0 spiro atoms. The van der Waals surface area contributed by atoms with Crippen molar-refractivity contribution in [2.45, 2.75) is 24.3 Å². The Morgan fingerprint density at radius 2 is 1.58 bits per heavy atom. The highest BCUT2D eigenvalue weighted by Gasteiger charge is 2.06. The van der Waals surface area contributed by atoms with Crippen molar-refractivity contribution in [3.63, 3.8) is 0 Å². The number of hydrogen-bond donors (Lipinski definition) is 3. The van der Waals surface area contributed by atoms with Gasteiger partial charge in [0.15, 0.2) is 0 Å². The molecule has 2 aromatic carbocycles. The van der Waals surface area contributed by atoms with E-state index >= 15 is 0 Å². The second kappa shape index (κ2) is 8.47. The molecular formula is C17H21N3O3S. The smallest absolute Gasteiger partial charge is 0.315 e. The molecule has 0 saturated carbocycles. The van der Waals surface area contributed by atoms with Crippen LogP contribution >= 0.6 is 0 Å². The number of amides is 2. The Morgan fingerprint density at radius 3 is 2.21 bits per heavy atom. The molecule has 24 heavy (non-hydrogen) atoms. The van der Waals surface area contributed by atoms with E-state index in [1.807, 2.05) is 30.3 Å². The number of aryl methyl sites for hydroxylation is 1. The van der Waals surface area contributed by atoms with E-state index in [4.69, 9.17) is 5.14 Å². The minimum absolute atomic E-state index is 0.102. The number of rotatable bonds is 7. The molecule has 128 valence electrons. The fourth-order valence-corrected chi connectivity index (χ4v) is 2.70. The largest absolute Gasteiger partial charge is 0.338 e. The summed E-state index contributed by atoms with van der Waals surface area (Å²) in [5, 5.41) is 10.6. The normalized spacial score (nSPS) is 11.0. The molecule has 0 bridgehead atoms. The predicted octanol–water partition coefficient (Wildman–Crippen LogP) is 1.77. The Balaban J connectivity index is 1.66. The number of hydrogen-bond acceptors (Lipinski definition) is 3. The standard InChI is InChI=1S/C17H21N3O3S/c18-24(22,23)16-10-8-14(9-11-16)7-4-12-19-17(21)20-13-15-5-2-1-3-6-15/h1-3,5-6,8-11H,4,7,12-13H2,(H2,18,22,23)(H2,19,20,21). The van der Waals surface area contributed by atoms with E-state index in [1.54, 1.807) is 12.1 Å². The van der Waals surface area contributed by atoms with Crippen molar-refractivity contribution in [3.8, 4) is 0 Å². The lowest BCUT2D eigenvalue weighted by atomic mass is 10.1. The zero-order valence-electron chi connectivity index (χ0n) is 13.2. The third-order valence-electron chi connectivity index (χ3n) is 3.48. The number of nitrogens with two attached hydrogens (primary N) is 1. The summed E-state index contributed by atoms with van der Waals surface area (Å²) in [5.41, 5.74) is 2.04. The zero-order valence-corrected chi connectivity index (χ0v) is 14.1. The lowest BCUT2D eigenvalue weighted by Crippen LogP contribution is -2.35. The molecular weight excluding hydrogens is 326 g/mol. The summed E-state index contributed by atoms with van der Waals surface area (Å²) in [5.74, 6) is 0. The molecule has 2 amide bonds. The first-order chi connectivity index (χ1) is 11.4. The predicted molar refractivity (Wildman–Crippen MR) is 92.8 cm³/mol. The molecule has 0 heterocycles. The minimum atomic E-state index is -3.65. The molecule has 0 aromatic heterocycles. The Morgan fingerprint density at radius 1 is 0.917 bits per heavy atom. The van der Waals surface area contributed by atoms with Crippen LogP contribution in [0.25, 0.3) is 0 Å². The van der Waals surface area contributed by atoms with Crippen LogP contribution in [0.3, 0.4) is 0 Å². The van der Waals surface area contributed by atoms with Gasteiger partial charge in [0.1, 0.15) is 0 Å². The van der Waals surface area contributed by atoms with E-state index in [-0.39, 0.29) is 10.9 Å². The van der Waals surface area contributed by atoms with Crippen LogP contribution in [0.4, 0.5) is 4.79 Å². The van der Waals surface area contributed by atoms with Crippen molar-refractivity contribution in [3.05, 3.63) is 65.7 Å². The maximum absolute atomic E-state index is 11.7. The number of urea groups is 1. The SMILES string of the molecule is NS(=O)(=O)c1ccc(CCCNC(=O)NCc2ccccc2)cc1. The summed E-state index contributed by atoms with van der Waals surface area (Å²) in [4.78, 5) is 11.8. The van der Waals surface area contributed by atoms with E-state index in [0.717, 1.165) is 24.0 Å². The summed E-state index contributed by atoms with van der Waals surface area (Å²) in [6.07, 6.45) is 1.50. The Labute approximate surface area is 142 Å². The van der Waals surface area contributed by atoms with Crippen LogP contribution in [0, 0.1) is 0 Å². The van der Waals surface area contributed by atoms with E-state index in [1.165, 1.54) is 12.1 Å². The second-order valence-corrected chi connectivity index (χ2v) is 6.95. The highest BCUT2D eigenvalue weighted by Crippen LogP contribution is 2.10. The fraction of sp³-hybridized carbons (Fsp3) is 0.235. The van der Waals surface area contributed by atoms with Crippen molar-refractivity contribution >= 4 is 16.1 Å². The molecule has 7 heteroatoms. The molecule has 0 aliphatic rings. The molecule has 0 atom stereocenters. The highest BCUT2D eigenvalue weighted by atomic mass is 32.2. The summed E-state index contributed by atoms with van der Waals surface area (Å²) in [7, 11) is -3.65. The summed E-state index contributed by atoms with van der Waals surface area (Å²) >= 11 is 0. The summed E-state index contributed by atoms with van der Waals surface area (Å²) in [6, 6.07) is 15.9. The third kappa shape index (κ3) is 6.02. The van der Waals surface area contributed by atoms with Crippen LogP contribution in [0.1, 0.15) is 17.5 Å². The van der Waals surface area contributed by atoms with E-state index < -0.39 is 10.0 Å². The molecule has 6 nitrogen and oxygen atoms in total. The monoisotopic (exact) mass is 347 g/mol. The summed E-state index contributed by atoms with van der Waals surface area (Å²) < 4.78 is 22.3. The van der Waals surface area contributed by atoms with E-state index in [2.05, 4.69) is 10.6 Å². The van der Waals surface area contributed by atoms with Gasteiger partial charge in [-0.15, -0.1) is 0 Å². The van der Waals surface area contributed by atoms with E-state index in [9.17, 15) is 13.2 Å². The lowest BCUT2D eigenvalue weighted by Gasteiger charge is -2.08. The lowest BCUT2D eigenvalue weighted by molar-refractivity contribution is 0.240. The summed E-state index contributed by atoms with van der Waals surface area (Å²) in [6.45, 7) is 1.03.